The van der Waals surface area contributed by atoms with Crippen LogP contribution >= 0.6 is 0 Å². The number of hydrogen-bond acceptors (Lipinski definition) is 2. The van der Waals surface area contributed by atoms with E-state index in [0.717, 1.165) is 18.1 Å². The lowest BCUT2D eigenvalue weighted by molar-refractivity contribution is 0.0864. The molecule has 0 radical (unpaired) electrons. The van der Waals surface area contributed by atoms with Crippen LogP contribution in [0.15, 0.2) is 0 Å². The molecule has 0 amide bonds. The van der Waals surface area contributed by atoms with E-state index in [9.17, 15) is 0 Å². The Bertz CT molecular complexity index is 177. The summed E-state index contributed by atoms with van der Waals surface area (Å²) in [6.45, 7) is 7.32. The maximum atomic E-state index is 3.67. The molecule has 2 nitrogen and oxygen atoms in total. The fourth-order valence-electron chi connectivity index (χ4n) is 3.17. The van der Waals surface area contributed by atoms with E-state index in [0.29, 0.717) is 0 Å². The highest BCUT2D eigenvalue weighted by Crippen LogP contribution is 2.23. The van der Waals surface area contributed by atoms with E-state index in [1.807, 2.05) is 0 Å². The molecular formula is C13H26N2. The van der Waals surface area contributed by atoms with Gasteiger partial charge in [0.2, 0.25) is 0 Å². The standard InChI is InChI=1S/C13H26N2/c1-11-6-5-7-12(2)15(11)10-13-8-3-4-9-14-13/h11-14H,3-10H2,1-2H3/t11-,12+,13?. The molecule has 2 saturated heterocycles. The molecule has 2 fully saturated rings. The summed E-state index contributed by atoms with van der Waals surface area (Å²) in [5.74, 6) is 0. The summed E-state index contributed by atoms with van der Waals surface area (Å²) < 4.78 is 0. The van der Waals surface area contributed by atoms with Crippen LogP contribution in [0.25, 0.3) is 0 Å². The van der Waals surface area contributed by atoms with Gasteiger partial charge in [-0.3, -0.25) is 4.90 Å². The van der Waals surface area contributed by atoms with Crippen LogP contribution in [0, 0.1) is 0 Å². The number of likely N-dealkylation sites (tertiary alicyclic amines) is 1. The molecule has 2 aliphatic heterocycles. The minimum absolute atomic E-state index is 0.766. The van der Waals surface area contributed by atoms with Gasteiger partial charge in [0, 0.05) is 24.7 Å². The highest BCUT2D eigenvalue weighted by atomic mass is 15.2. The Morgan fingerprint density at radius 2 is 1.73 bits per heavy atom. The van der Waals surface area contributed by atoms with Crippen molar-refractivity contribution in [3.8, 4) is 0 Å². The predicted octanol–water partition coefficient (Wildman–Crippen LogP) is 2.39. The second kappa shape index (κ2) is 5.31. The first-order valence-corrected chi connectivity index (χ1v) is 6.76. The maximum Gasteiger partial charge on any atom is 0.0195 e. The van der Waals surface area contributed by atoms with E-state index in [2.05, 4.69) is 24.1 Å². The van der Waals surface area contributed by atoms with Gasteiger partial charge in [-0.2, -0.15) is 0 Å². The molecule has 0 aromatic rings. The maximum absolute atomic E-state index is 3.67. The molecule has 2 aliphatic rings. The first-order chi connectivity index (χ1) is 7.27. The monoisotopic (exact) mass is 210 g/mol. The molecule has 1 unspecified atom stereocenters. The van der Waals surface area contributed by atoms with Crippen LogP contribution < -0.4 is 5.32 Å². The van der Waals surface area contributed by atoms with Crippen molar-refractivity contribution < 1.29 is 0 Å². The largest absolute Gasteiger partial charge is 0.313 e. The molecule has 0 aromatic carbocycles. The van der Waals surface area contributed by atoms with Crippen molar-refractivity contribution in [2.45, 2.75) is 70.5 Å². The van der Waals surface area contributed by atoms with Crippen molar-refractivity contribution in [1.29, 1.82) is 0 Å². The molecule has 0 spiro atoms. The predicted molar refractivity (Wildman–Crippen MR) is 65.1 cm³/mol. The van der Waals surface area contributed by atoms with Crippen LogP contribution in [0.5, 0.6) is 0 Å². The molecule has 0 bridgehead atoms. The van der Waals surface area contributed by atoms with Gasteiger partial charge in [-0.1, -0.05) is 12.8 Å². The number of rotatable bonds is 2. The molecule has 0 saturated carbocycles. The molecular weight excluding hydrogens is 184 g/mol. The fraction of sp³-hybridized carbons (Fsp3) is 1.00. The summed E-state index contributed by atoms with van der Waals surface area (Å²) in [5.41, 5.74) is 0. The number of nitrogens with zero attached hydrogens (tertiary/aromatic N) is 1. The second-order valence-corrected chi connectivity index (χ2v) is 5.47. The van der Waals surface area contributed by atoms with Gasteiger partial charge >= 0.3 is 0 Å². The summed E-state index contributed by atoms with van der Waals surface area (Å²) in [6, 6.07) is 2.37. The van der Waals surface area contributed by atoms with E-state index in [4.69, 9.17) is 0 Å². The van der Waals surface area contributed by atoms with E-state index in [1.54, 1.807) is 0 Å². The third-order valence-corrected chi connectivity index (χ3v) is 4.22. The van der Waals surface area contributed by atoms with E-state index < -0.39 is 0 Å². The zero-order chi connectivity index (χ0) is 10.7. The van der Waals surface area contributed by atoms with Gasteiger partial charge in [0.1, 0.15) is 0 Å². The van der Waals surface area contributed by atoms with Crippen LogP contribution in [0.3, 0.4) is 0 Å². The highest BCUT2D eigenvalue weighted by Gasteiger charge is 2.27. The Morgan fingerprint density at radius 3 is 2.33 bits per heavy atom. The Balaban J connectivity index is 1.84. The lowest BCUT2D eigenvalue weighted by Crippen LogP contribution is -2.51. The molecule has 1 N–H and O–H groups in total. The Kier molecular flexibility index (Phi) is 4.04. The molecule has 0 aliphatic carbocycles. The molecule has 15 heavy (non-hydrogen) atoms. The minimum atomic E-state index is 0.766. The zero-order valence-corrected chi connectivity index (χ0v) is 10.3. The van der Waals surface area contributed by atoms with Crippen LogP contribution in [-0.4, -0.2) is 36.1 Å². The fourth-order valence-corrected chi connectivity index (χ4v) is 3.17. The number of piperidine rings is 2. The van der Waals surface area contributed by atoms with Gasteiger partial charge in [-0.15, -0.1) is 0 Å². The second-order valence-electron chi connectivity index (χ2n) is 5.47. The lowest BCUT2D eigenvalue weighted by atomic mass is 9.95. The molecule has 3 atom stereocenters. The summed E-state index contributed by atoms with van der Waals surface area (Å²) in [5, 5.41) is 3.67. The average molecular weight is 210 g/mol. The topological polar surface area (TPSA) is 15.3 Å². The summed E-state index contributed by atoms with van der Waals surface area (Å²) in [7, 11) is 0. The van der Waals surface area contributed by atoms with Crippen LogP contribution in [0.4, 0.5) is 0 Å². The van der Waals surface area contributed by atoms with E-state index in [1.165, 1.54) is 51.6 Å². The quantitative estimate of drug-likeness (QED) is 0.753. The van der Waals surface area contributed by atoms with Crippen molar-refractivity contribution in [2.75, 3.05) is 13.1 Å². The van der Waals surface area contributed by atoms with Crippen molar-refractivity contribution in [3.63, 3.8) is 0 Å². The summed E-state index contributed by atoms with van der Waals surface area (Å²) in [6.07, 6.45) is 8.41. The normalized spacial score (nSPS) is 39.2. The molecule has 2 rings (SSSR count). The Hall–Kier alpha value is -0.0800. The molecule has 2 heteroatoms. The highest BCUT2D eigenvalue weighted by molar-refractivity contribution is 4.84. The first-order valence-electron chi connectivity index (χ1n) is 6.76. The van der Waals surface area contributed by atoms with Gasteiger partial charge in [-0.25, -0.2) is 0 Å². The smallest absolute Gasteiger partial charge is 0.0195 e. The van der Waals surface area contributed by atoms with Gasteiger partial charge < -0.3 is 5.32 Å². The van der Waals surface area contributed by atoms with Gasteiger partial charge in [0.15, 0.2) is 0 Å². The number of hydrogen-bond donors (Lipinski definition) is 1. The molecule has 2 heterocycles. The molecule has 0 aromatic heterocycles. The van der Waals surface area contributed by atoms with Crippen molar-refractivity contribution >= 4 is 0 Å². The Labute approximate surface area is 94.4 Å². The van der Waals surface area contributed by atoms with Crippen LogP contribution in [0.1, 0.15) is 52.4 Å². The average Bonchev–Trinajstić information content (AvgIpc) is 2.25. The Morgan fingerprint density at radius 1 is 1.00 bits per heavy atom. The van der Waals surface area contributed by atoms with Crippen molar-refractivity contribution in [1.82, 2.24) is 10.2 Å². The first kappa shape index (κ1) is 11.4. The van der Waals surface area contributed by atoms with Gasteiger partial charge in [0.25, 0.3) is 0 Å². The molecule has 88 valence electrons. The number of nitrogens with one attached hydrogen (secondary N) is 1. The van der Waals surface area contributed by atoms with Gasteiger partial charge in [0.05, 0.1) is 0 Å². The van der Waals surface area contributed by atoms with Crippen molar-refractivity contribution in [2.24, 2.45) is 0 Å². The third kappa shape index (κ3) is 2.94. The van der Waals surface area contributed by atoms with Gasteiger partial charge in [-0.05, 0) is 46.1 Å². The van der Waals surface area contributed by atoms with Crippen LogP contribution in [-0.2, 0) is 0 Å². The summed E-state index contributed by atoms with van der Waals surface area (Å²) >= 11 is 0. The van der Waals surface area contributed by atoms with Crippen LogP contribution in [0.2, 0.25) is 0 Å². The summed E-state index contributed by atoms with van der Waals surface area (Å²) in [4.78, 5) is 2.73. The van der Waals surface area contributed by atoms with E-state index >= 15 is 0 Å². The SMILES string of the molecule is C[C@@H]1CCC[C@H](C)N1CC1CCCCN1. The lowest BCUT2D eigenvalue weighted by Gasteiger charge is -2.41. The zero-order valence-electron chi connectivity index (χ0n) is 10.3. The van der Waals surface area contributed by atoms with Crippen molar-refractivity contribution in [3.05, 3.63) is 0 Å². The third-order valence-electron chi connectivity index (χ3n) is 4.22. The van der Waals surface area contributed by atoms with E-state index in [-0.39, 0.29) is 0 Å². The minimum Gasteiger partial charge on any atom is -0.313 e.